The van der Waals surface area contributed by atoms with Gasteiger partial charge in [0.15, 0.2) is 0 Å². The first-order chi connectivity index (χ1) is 4.16. The van der Waals surface area contributed by atoms with Crippen LogP contribution in [0.25, 0.3) is 0 Å². The lowest BCUT2D eigenvalue weighted by Crippen LogP contribution is -2.21. The lowest BCUT2D eigenvalue weighted by atomic mass is 10.5. The van der Waals surface area contributed by atoms with Crippen molar-refractivity contribution in [1.29, 1.82) is 0 Å². The summed E-state index contributed by atoms with van der Waals surface area (Å²) in [4.78, 5) is 10.4. The van der Waals surface area contributed by atoms with Crippen LogP contribution in [0.2, 0.25) is 0 Å². The van der Waals surface area contributed by atoms with E-state index in [-0.39, 0.29) is 5.91 Å². The van der Waals surface area contributed by atoms with Crippen LogP contribution >= 0.6 is 11.6 Å². The Morgan fingerprint density at radius 2 is 2.33 bits per heavy atom. The van der Waals surface area contributed by atoms with Crippen molar-refractivity contribution < 1.29 is 4.79 Å². The van der Waals surface area contributed by atoms with Crippen LogP contribution in [0.5, 0.6) is 0 Å². The van der Waals surface area contributed by atoms with Crippen molar-refractivity contribution >= 4 is 17.5 Å². The van der Waals surface area contributed by atoms with Gasteiger partial charge in [-0.1, -0.05) is 24.8 Å². The van der Waals surface area contributed by atoms with Crippen molar-refractivity contribution in [3.05, 3.63) is 24.3 Å². The Morgan fingerprint density at radius 3 is 2.67 bits per heavy atom. The predicted molar refractivity (Wildman–Crippen MR) is 38.2 cm³/mol. The zero-order chi connectivity index (χ0) is 7.28. The van der Waals surface area contributed by atoms with Gasteiger partial charge >= 0.3 is 0 Å². The Kier molecular flexibility index (Phi) is 3.80. The maximum atomic E-state index is 10.4. The van der Waals surface area contributed by atoms with Crippen LogP contribution in [-0.4, -0.2) is 12.5 Å². The van der Waals surface area contributed by atoms with Crippen molar-refractivity contribution in [3.8, 4) is 0 Å². The van der Waals surface area contributed by atoms with E-state index >= 15 is 0 Å². The van der Waals surface area contributed by atoms with Gasteiger partial charge in [0.1, 0.15) is 0 Å². The molecule has 0 aliphatic heterocycles. The van der Waals surface area contributed by atoms with Crippen molar-refractivity contribution in [2.24, 2.45) is 0 Å². The van der Waals surface area contributed by atoms with E-state index in [4.69, 9.17) is 11.6 Å². The van der Waals surface area contributed by atoms with Gasteiger partial charge in [-0.3, -0.25) is 4.79 Å². The summed E-state index contributed by atoms with van der Waals surface area (Å²) >= 11 is 5.34. The lowest BCUT2D eigenvalue weighted by Gasteiger charge is -1.96. The third-order valence-electron chi connectivity index (χ3n) is 0.640. The smallest absolute Gasteiger partial charge is 0.243 e. The molecule has 0 fully saturated rings. The fraction of sp³-hybridized carbons (Fsp3) is 0.167. The molecule has 0 rings (SSSR count). The minimum Gasteiger partial charge on any atom is -0.348 e. The third kappa shape index (κ3) is 5.11. The molecule has 0 heterocycles. The van der Waals surface area contributed by atoms with Gasteiger partial charge in [-0.05, 0) is 6.08 Å². The second kappa shape index (κ2) is 4.15. The van der Waals surface area contributed by atoms with E-state index in [9.17, 15) is 4.79 Å². The zero-order valence-electron chi connectivity index (χ0n) is 4.98. The molecule has 1 N–H and O–H groups in total. The Hall–Kier alpha value is -0.760. The second-order valence-electron chi connectivity index (χ2n) is 1.44. The van der Waals surface area contributed by atoms with E-state index in [1.807, 2.05) is 0 Å². The molecular formula is C6H8ClNO. The quantitative estimate of drug-likeness (QED) is 0.591. The number of hydrogen-bond acceptors (Lipinski definition) is 1. The Morgan fingerprint density at radius 1 is 1.78 bits per heavy atom. The van der Waals surface area contributed by atoms with Crippen molar-refractivity contribution in [2.45, 2.75) is 0 Å². The van der Waals surface area contributed by atoms with Gasteiger partial charge in [-0.2, -0.15) is 0 Å². The third-order valence-corrected chi connectivity index (χ3v) is 0.773. The molecule has 0 unspecified atom stereocenters. The Bertz CT molecular complexity index is 142. The van der Waals surface area contributed by atoms with Crippen LogP contribution in [0.3, 0.4) is 0 Å². The average Bonchev–Trinajstić information content (AvgIpc) is 1.83. The van der Waals surface area contributed by atoms with E-state index in [1.54, 1.807) is 0 Å². The van der Waals surface area contributed by atoms with Crippen molar-refractivity contribution in [2.75, 3.05) is 6.54 Å². The summed E-state index contributed by atoms with van der Waals surface area (Å²) in [5.74, 6) is -0.239. The molecule has 1 amide bonds. The first-order valence-electron chi connectivity index (χ1n) is 2.40. The SMILES string of the molecule is C=CC(=O)NCC(=C)Cl. The lowest BCUT2D eigenvalue weighted by molar-refractivity contribution is -0.116. The minimum atomic E-state index is -0.239. The van der Waals surface area contributed by atoms with E-state index in [1.165, 1.54) is 6.08 Å². The average molecular weight is 146 g/mol. The van der Waals surface area contributed by atoms with Crippen molar-refractivity contribution in [1.82, 2.24) is 5.32 Å². The summed E-state index contributed by atoms with van der Waals surface area (Å²) < 4.78 is 0. The van der Waals surface area contributed by atoms with Crippen LogP contribution in [0.4, 0.5) is 0 Å². The van der Waals surface area contributed by atoms with E-state index in [0.717, 1.165) is 0 Å². The van der Waals surface area contributed by atoms with Crippen molar-refractivity contribution in [3.63, 3.8) is 0 Å². The molecule has 0 radical (unpaired) electrons. The number of hydrogen-bond donors (Lipinski definition) is 1. The number of carbonyl (C=O) groups excluding carboxylic acids is 1. The molecule has 0 aromatic rings. The van der Waals surface area contributed by atoms with Gasteiger partial charge in [0.2, 0.25) is 5.91 Å². The van der Waals surface area contributed by atoms with Gasteiger partial charge in [-0.25, -0.2) is 0 Å². The molecule has 50 valence electrons. The molecule has 0 saturated carbocycles. The van der Waals surface area contributed by atoms with Crippen LogP contribution < -0.4 is 5.32 Å². The van der Waals surface area contributed by atoms with E-state index in [2.05, 4.69) is 18.5 Å². The fourth-order valence-corrected chi connectivity index (χ4v) is 0.322. The van der Waals surface area contributed by atoms with Gasteiger partial charge in [0, 0.05) is 5.03 Å². The maximum Gasteiger partial charge on any atom is 0.243 e. The highest BCUT2D eigenvalue weighted by atomic mass is 35.5. The van der Waals surface area contributed by atoms with Crippen LogP contribution in [0.1, 0.15) is 0 Å². The minimum absolute atomic E-state index is 0.239. The highest BCUT2D eigenvalue weighted by molar-refractivity contribution is 6.29. The number of carbonyl (C=O) groups is 1. The zero-order valence-corrected chi connectivity index (χ0v) is 5.74. The number of amides is 1. The monoisotopic (exact) mass is 145 g/mol. The number of rotatable bonds is 3. The maximum absolute atomic E-state index is 10.4. The van der Waals surface area contributed by atoms with Gasteiger partial charge in [0.25, 0.3) is 0 Å². The fourth-order valence-electron chi connectivity index (χ4n) is 0.255. The molecule has 0 aliphatic rings. The highest BCUT2D eigenvalue weighted by Crippen LogP contribution is 1.91. The molecule has 0 aromatic carbocycles. The van der Waals surface area contributed by atoms with E-state index in [0.29, 0.717) is 11.6 Å². The largest absolute Gasteiger partial charge is 0.348 e. The van der Waals surface area contributed by atoms with Gasteiger partial charge in [-0.15, -0.1) is 0 Å². The molecule has 0 saturated heterocycles. The van der Waals surface area contributed by atoms with Crippen LogP contribution in [-0.2, 0) is 4.79 Å². The summed E-state index contributed by atoms with van der Waals surface area (Å²) in [6.45, 7) is 6.93. The molecule has 0 spiro atoms. The van der Waals surface area contributed by atoms with Crippen LogP contribution in [0.15, 0.2) is 24.3 Å². The van der Waals surface area contributed by atoms with Gasteiger partial charge < -0.3 is 5.32 Å². The number of halogens is 1. The summed E-state index contributed by atoms with van der Waals surface area (Å²) in [5, 5.41) is 2.85. The predicted octanol–water partition coefficient (Wildman–Crippen LogP) is 1.04. The Labute approximate surface area is 59.2 Å². The highest BCUT2D eigenvalue weighted by Gasteiger charge is 1.91. The van der Waals surface area contributed by atoms with Gasteiger partial charge in [0.05, 0.1) is 6.54 Å². The normalized spacial score (nSPS) is 8.11. The standard InChI is InChI=1S/C6H8ClNO/c1-3-6(9)8-4-5(2)7/h3H,1-2,4H2,(H,8,9). The molecule has 0 bridgehead atoms. The first kappa shape index (κ1) is 8.24. The second-order valence-corrected chi connectivity index (χ2v) is 1.97. The first-order valence-corrected chi connectivity index (χ1v) is 2.78. The molecule has 9 heavy (non-hydrogen) atoms. The Balaban J connectivity index is 3.39. The summed E-state index contributed by atoms with van der Waals surface area (Å²) in [6.07, 6.45) is 1.18. The topological polar surface area (TPSA) is 29.1 Å². The van der Waals surface area contributed by atoms with Crippen LogP contribution in [0, 0.1) is 0 Å². The molecule has 0 atom stereocenters. The molecule has 0 aliphatic carbocycles. The van der Waals surface area contributed by atoms with E-state index < -0.39 is 0 Å². The summed E-state index contributed by atoms with van der Waals surface area (Å²) in [5.41, 5.74) is 0. The molecular weight excluding hydrogens is 138 g/mol. The molecule has 2 nitrogen and oxygen atoms in total. The molecule has 0 aromatic heterocycles. The summed E-state index contributed by atoms with van der Waals surface area (Å²) in [7, 11) is 0. The number of nitrogens with one attached hydrogen (secondary N) is 1. The summed E-state index contributed by atoms with van der Waals surface area (Å²) in [6, 6.07) is 0. The molecule has 3 heteroatoms.